The van der Waals surface area contributed by atoms with E-state index in [9.17, 15) is 4.79 Å². The summed E-state index contributed by atoms with van der Waals surface area (Å²) in [7, 11) is 1.89. The van der Waals surface area contributed by atoms with Crippen LogP contribution >= 0.6 is 0 Å². The van der Waals surface area contributed by atoms with Crippen LogP contribution in [-0.4, -0.2) is 73.7 Å². The molecule has 0 atom stereocenters. The Bertz CT molecular complexity index is 846. The standard InChI is InChI=1S/C24H36N4O4/c1-19(26-32-14-11-28-9-7-24(5-6-24)8-10-28)21-15-23(27(2)17-21)31-18-22(29)25-16-20-3-12-30-13-4-20/h3,15,17H,4-14,16,18H2,1-2H3,(H,25,29)/b26-19+. The number of piperidine rings is 1. The summed E-state index contributed by atoms with van der Waals surface area (Å²) in [6.07, 6.45) is 10.4. The van der Waals surface area contributed by atoms with Gasteiger partial charge in [-0.1, -0.05) is 16.8 Å². The van der Waals surface area contributed by atoms with E-state index in [4.69, 9.17) is 14.3 Å². The number of oxime groups is 1. The summed E-state index contributed by atoms with van der Waals surface area (Å²) in [6, 6.07) is 1.89. The molecule has 1 aliphatic carbocycles. The maximum Gasteiger partial charge on any atom is 0.258 e. The van der Waals surface area contributed by atoms with E-state index in [0.29, 0.717) is 37.7 Å². The van der Waals surface area contributed by atoms with Crippen LogP contribution in [0.1, 0.15) is 44.6 Å². The van der Waals surface area contributed by atoms with Crippen molar-refractivity contribution >= 4 is 11.6 Å². The summed E-state index contributed by atoms with van der Waals surface area (Å²) in [4.78, 5) is 20.2. The average Bonchev–Trinajstić information content (AvgIpc) is 3.46. The zero-order valence-electron chi connectivity index (χ0n) is 19.4. The molecule has 8 nitrogen and oxygen atoms in total. The average molecular weight is 445 g/mol. The molecule has 32 heavy (non-hydrogen) atoms. The molecule has 0 radical (unpaired) electrons. The molecule has 0 bridgehead atoms. The van der Waals surface area contributed by atoms with Gasteiger partial charge in [0.2, 0.25) is 0 Å². The fourth-order valence-corrected chi connectivity index (χ4v) is 4.31. The Hall–Kier alpha value is -2.32. The van der Waals surface area contributed by atoms with E-state index in [-0.39, 0.29) is 12.5 Å². The summed E-state index contributed by atoms with van der Waals surface area (Å²) in [6.45, 7) is 7.68. The number of amides is 1. The van der Waals surface area contributed by atoms with Crippen LogP contribution in [0.15, 0.2) is 29.1 Å². The molecule has 176 valence electrons. The minimum Gasteiger partial charge on any atom is -0.469 e. The summed E-state index contributed by atoms with van der Waals surface area (Å²) in [5.41, 5.74) is 3.62. The van der Waals surface area contributed by atoms with Crippen LogP contribution in [0.3, 0.4) is 0 Å². The van der Waals surface area contributed by atoms with Gasteiger partial charge in [0.1, 0.15) is 6.61 Å². The molecule has 1 spiro atoms. The van der Waals surface area contributed by atoms with Crippen LogP contribution < -0.4 is 10.1 Å². The number of aryl methyl sites for hydroxylation is 1. The first kappa shape index (κ1) is 22.9. The van der Waals surface area contributed by atoms with Gasteiger partial charge in [-0.05, 0) is 57.5 Å². The lowest BCUT2D eigenvalue weighted by Crippen LogP contribution is -2.36. The lowest BCUT2D eigenvalue weighted by molar-refractivity contribution is -0.123. The Balaban J connectivity index is 1.16. The Labute approximate surface area is 190 Å². The number of hydrogen-bond acceptors (Lipinski definition) is 6. The largest absolute Gasteiger partial charge is 0.469 e. The van der Waals surface area contributed by atoms with E-state index in [1.807, 2.05) is 36.9 Å². The first-order valence-electron chi connectivity index (χ1n) is 11.7. The van der Waals surface area contributed by atoms with E-state index < -0.39 is 0 Å². The second kappa shape index (κ2) is 10.5. The van der Waals surface area contributed by atoms with Crippen LogP contribution in [0.2, 0.25) is 0 Å². The number of ether oxygens (including phenoxy) is 2. The molecule has 8 heteroatoms. The third-order valence-electron chi connectivity index (χ3n) is 6.87. The van der Waals surface area contributed by atoms with Crippen molar-refractivity contribution < 1.29 is 19.1 Å². The molecule has 2 aliphatic heterocycles. The van der Waals surface area contributed by atoms with Crippen molar-refractivity contribution in [2.45, 2.75) is 39.0 Å². The molecule has 3 heterocycles. The SMILES string of the molecule is C/C(=N\OCCN1CCC2(CC1)CC2)c1cc(OCC(=O)NCC2=CCOCC2)n(C)c1. The number of nitrogens with zero attached hydrogens (tertiary/aromatic N) is 3. The molecular formula is C24H36N4O4. The molecule has 1 saturated carbocycles. The van der Waals surface area contributed by atoms with Crippen molar-refractivity contribution in [3.05, 3.63) is 29.5 Å². The van der Waals surface area contributed by atoms with Gasteiger partial charge in [0.25, 0.3) is 5.91 Å². The highest BCUT2D eigenvalue weighted by Crippen LogP contribution is 2.53. The lowest BCUT2D eigenvalue weighted by Gasteiger charge is -2.31. The van der Waals surface area contributed by atoms with Gasteiger partial charge >= 0.3 is 0 Å². The van der Waals surface area contributed by atoms with E-state index in [2.05, 4.69) is 15.4 Å². The Morgan fingerprint density at radius 2 is 2.09 bits per heavy atom. The third-order valence-corrected chi connectivity index (χ3v) is 6.87. The van der Waals surface area contributed by atoms with Gasteiger partial charge in [0.05, 0.1) is 18.9 Å². The Morgan fingerprint density at radius 3 is 2.81 bits per heavy atom. The molecule has 1 aromatic heterocycles. The van der Waals surface area contributed by atoms with Crippen LogP contribution in [0.4, 0.5) is 0 Å². The van der Waals surface area contributed by atoms with Crippen LogP contribution in [-0.2, 0) is 21.4 Å². The maximum atomic E-state index is 12.1. The zero-order chi connectivity index (χ0) is 22.4. The maximum absolute atomic E-state index is 12.1. The second-order valence-corrected chi connectivity index (χ2v) is 9.28. The number of carbonyl (C=O) groups excluding carboxylic acids is 1. The summed E-state index contributed by atoms with van der Waals surface area (Å²) in [5.74, 6) is 0.483. The minimum absolute atomic E-state index is 0.0229. The molecule has 0 aromatic carbocycles. The summed E-state index contributed by atoms with van der Waals surface area (Å²) >= 11 is 0. The summed E-state index contributed by atoms with van der Waals surface area (Å²) < 4.78 is 12.8. The van der Waals surface area contributed by atoms with Gasteiger partial charge in [-0.2, -0.15) is 0 Å². The molecular weight excluding hydrogens is 408 g/mol. The van der Waals surface area contributed by atoms with Gasteiger partial charge in [0, 0.05) is 38.0 Å². The van der Waals surface area contributed by atoms with Crippen molar-refractivity contribution in [3.63, 3.8) is 0 Å². The Kier molecular flexibility index (Phi) is 7.52. The fourth-order valence-electron chi connectivity index (χ4n) is 4.31. The quantitative estimate of drug-likeness (QED) is 0.260. The molecule has 2 fully saturated rings. The number of hydrogen-bond donors (Lipinski definition) is 1. The minimum atomic E-state index is -0.140. The van der Waals surface area contributed by atoms with Crippen molar-refractivity contribution in [3.8, 4) is 5.88 Å². The number of rotatable bonds is 10. The smallest absolute Gasteiger partial charge is 0.258 e. The monoisotopic (exact) mass is 444 g/mol. The normalized spacial score (nSPS) is 20.7. The molecule has 4 rings (SSSR count). The number of aromatic nitrogens is 1. The van der Waals surface area contributed by atoms with Gasteiger partial charge in [0.15, 0.2) is 12.5 Å². The molecule has 3 aliphatic rings. The van der Waals surface area contributed by atoms with Crippen LogP contribution in [0.5, 0.6) is 5.88 Å². The van der Waals surface area contributed by atoms with Crippen LogP contribution in [0.25, 0.3) is 0 Å². The summed E-state index contributed by atoms with van der Waals surface area (Å²) in [5, 5.41) is 7.17. The first-order chi connectivity index (χ1) is 15.5. The molecule has 0 unspecified atom stereocenters. The van der Waals surface area contributed by atoms with Crippen molar-refractivity contribution in [1.29, 1.82) is 0 Å². The zero-order valence-corrected chi connectivity index (χ0v) is 19.4. The number of nitrogens with one attached hydrogen (secondary N) is 1. The highest BCUT2D eigenvalue weighted by atomic mass is 16.6. The predicted octanol–water partition coefficient (Wildman–Crippen LogP) is 2.48. The van der Waals surface area contributed by atoms with Crippen LogP contribution in [0, 0.1) is 5.41 Å². The van der Waals surface area contributed by atoms with E-state index in [1.165, 1.54) is 44.3 Å². The number of carbonyl (C=O) groups is 1. The first-order valence-corrected chi connectivity index (χ1v) is 11.7. The van der Waals surface area contributed by atoms with Gasteiger partial charge in [-0.25, -0.2) is 0 Å². The van der Waals surface area contributed by atoms with E-state index >= 15 is 0 Å². The highest BCUT2D eigenvalue weighted by Gasteiger charge is 2.44. The predicted molar refractivity (Wildman–Crippen MR) is 123 cm³/mol. The second-order valence-electron chi connectivity index (χ2n) is 9.28. The van der Waals surface area contributed by atoms with Gasteiger partial charge in [-0.3, -0.25) is 9.69 Å². The van der Waals surface area contributed by atoms with Gasteiger partial charge < -0.3 is 24.2 Å². The molecule has 1 amide bonds. The highest BCUT2D eigenvalue weighted by molar-refractivity contribution is 5.98. The Morgan fingerprint density at radius 1 is 1.28 bits per heavy atom. The van der Waals surface area contributed by atoms with Crippen molar-refractivity contribution in [1.82, 2.24) is 14.8 Å². The molecule has 1 N–H and O–H groups in total. The van der Waals surface area contributed by atoms with Crippen molar-refractivity contribution in [2.24, 2.45) is 17.6 Å². The molecule has 1 aromatic rings. The van der Waals surface area contributed by atoms with E-state index in [0.717, 1.165) is 24.2 Å². The van der Waals surface area contributed by atoms with E-state index in [1.54, 1.807) is 0 Å². The third kappa shape index (κ3) is 6.36. The fraction of sp³-hybridized carbons (Fsp3) is 0.667. The topological polar surface area (TPSA) is 77.3 Å². The number of likely N-dealkylation sites (tertiary alicyclic amines) is 1. The van der Waals surface area contributed by atoms with Crippen molar-refractivity contribution in [2.75, 3.05) is 52.6 Å². The lowest BCUT2D eigenvalue weighted by atomic mass is 9.94. The van der Waals surface area contributed by atoms with Gasteiger partial charge in [-0.15, -0.1) is 0 Å². The molecule has 1 saturated heterocycles.